The van der Waals surface area contributed by atoms with Crippen LogP contribution in [-0.2, 0) is 0 Å². The van der Waals surface area contributed by atoms with E-state index in [1.807, 2.05) is 19.2 Å². The molecule has 0 aliphatic rings. The Balaban J connectivity index is 2.05. The second-order valence-corrected chi connectivity index (χ2v) is 5.75. The molecule has 5 nitrogen and oxygen atoms in total. The standard InChI is InChI=1S/C13H18N4OS/c1-8(2)12-16-10(6-11(18)17-12)15-7-9(3)13-14-4-5-19-13/h4-6,8-9H,7H2,1-3H3,(H2,15,16,17,18). The first-order valence-electron chi connectivity index (χ1n) is 6.30. The molecule has 0 saturated carbocycles. The fraction of sp³-hybridized carbons (Fsp3) is 0.462. The summed E-state index contributed by atoms with van der Waals surface area (Å²) >= 11 is 1.64. The summed E-state index contributed by atoms with van der Waals surface area (Å²) in [6.07, 6.45) is 1.80. The van der Waals surface area contributed by atoms with Gasteiger partial charge in [0.25, 0.3) is 5.56 Å². The highest BCUT2D eigenvalue weighted by Gasteiger charge is 2.09. The van der Waals surface area contributed by atoms with E-state index in [2.05, 4.69) is 27.2 Å². The summed E-state index contributed by atoms with van der Waals surface area (Å²) in [5, 5.41) is 6.26. The van der Waals surface area contributed by atoms with E-state index in [1.165, 1.54) is 6.07 Å². The normalized spacial score (nSPS) is 12.6. The summed E-state index contributed by atoms with van der Waals surface area (Å²) in [4.78, 5) is 23.0. The van der Waals surface area contributed by atoms with E-state index in [-0.39, 0.29) is 11.5 Å². The first-order chi connectivity index (χ1) is 9.06. The highest BCUT2D eigenvalue weighted by molar-refractivity contribution is 7.09. The molecule has 0 spiro atoms. The summed E-state index contributed by atoms with van der Waals surface area (Å²) < 4.78 is 0. The van der Waals surface area contributed by atoms with Crippen LogP contribution in [0.3, 0.4) is 0 Å². The number of anilines is 1. The first-order valence-corrected chi connectivity index (χ1v) is 7.18. The Hall–Kier alpha value is -1.69. The molecule has 0 amide bonds. The van der Waals surface area contributed by atoms with Crippen LogP contribution in [0.5, 0.6) is 0 Å². The predicted octanol–water partition coefficient (Wildman–Crippen LogP) is 2.57. The van der Waals surface area contributed by atoms with Crippen LogP contribution in [0.2, 0.25) is 0 Å². The molecule has 0 bridgehead atoms. The average Bonchev–Trinajstić information content (AvgIpc) is 2.89. The number of aromatic amines is 1. The second-order valence-electron chi connectivity index (χ2n) is 4.82. The van der Waals surface area contributed by atoms with Crippen molar-refractivity contribution in [2.24, 2.45) is 0 Å². The molecule has 0 aromatic carbocycles. The quantitative estimate of drug-likeness (QED) is 0.882. The molecule has 2 heterocycles. The number of rotatable bonds is 5. The largest absolute Gasteiger partial charge is 0.369 e. The van der Waals surface area contributed by atoms with Gasteiger partial charge < -0.3 is 10.3 Å². The molecule has 102 valence electrons. The highest BCUT2D eigenvalue weighted by atomic mass is 32.1. The summed E-state index contributed by atoms with van der Waals surface area (Å²) in [5.74, 6) is 1.82. The molecule has 0 saturated heterocycles. The van der Waals surface area contributed by atoms with Crippen molar-refractivity contribution in [1.82, 2.24) is 15.0 Å². The Morgan fingerprint density at radius 1 is 1.42 bits per heavy atom. The van der Waals surface area contributed by atoms with Crippen LogP contribution in [0.1, 0.15) is 43.4 Å². The smallest absolute Gasteiger partial charge is 0.252 e. The number of aromatic nitrogens is 3. The number of H-pyrrole nitrogens is 1. The van der Waals surface area contributed by atoms with Gasteiger partial charge in [0.1, 0.15) is 11.6 Å². The Labute approximate surface area is 116 Å². The molecule has 1 atom stereocenters. The SMILES string of the molecule is CC(C)c1nc(NCC(C)c2nccs2)cc(=O)[nH]1. The molecule has 2 N–H and O–H groups in total. The van der Waals surface area contributed by atoms with Crippen LogP contribution in [0.15, 0.2) is 22.4 Å². The van der Waals surface area contributed by atoms with E-state index in [0.717, 1.165) is 5.01 Å². The number of nitrogens with one attached hydrogen (secondary N) is 2. The summed E-state index contributed by atoms with van der Waals surface area (Å²) in [7, 11) is 0. The lowest BCUT2D eigenvalue weighted by atomic mass is 10.2. The Bertz CT molecular complexity index is 577. The van der Waals surface area contributed by atoms with Crippen molar-refractivity contribution in [3.8, 4) is 0 Å². The molecule has 0 aliphatic carbocycles. The first kappa shape index (κ1) is 13.7. The van der Waals surface area contributed by atoms with Crippen molar-refractivity contribution in [1.29, 1.82) is 0 Å². The number of hydrogen-bond acceptors (Lipinski definition) is 5. The minimum atomic E-state index is -0.122. The van der Waals surface area contributed by atoms with Gasteiger partial charge in [-0.15, -0.1) is 11.3 Å². The van der Waals surface area contributed by atoms with E-state index in [1.54, 1.807) is 17.5 Å². The summed E-state index contributed by atoms with van der Waals surface area (Å²) in [6, 6.07) is 1.49. The molecule has 0 aliphatic heterocycles. The molecule has 0 fully saturated rings. The summed E-state index contributed by atoms with van der Waals surface area (Å²) in [6.45, 7) is 6.81. The fourth-order valence-corrected chi connectivity index (χ4v) is 2.36. The van der Waals surface area contributed by atoms with Gasteiger partial charge in [0.15, 0.2) is 0 Å². The number of thiazole rings is 1. The molecule has 0 radical (unpaired) electrons. The Morgan fingerprint density at radius 2 is 2.21 bits per heavy atom. The molecule has 1 unspecified atom stereocenters. The van der Waals surface area contributed by atoms with Crippen molar-refractivity contribution in [2.75, 3.05) is 11.9 Å². The molecule has 2 aromatic heterocycles. The van der Waals surface area contributed by atoms with Crippen molar-refractivity contribution in [3.05, 3.63) is 38.8 Å². The minimum absolute atomic E-state index is 0.122. The number of nitrogens with zero attached hydrogens (tertiary/aromatic N) is 2. The molecule has 2 rings (SSSR count). The third kappa shape index (κ3) is 3.64. The van der Waals surface area contributed by atoms with Gasteiger partial charge in [-0.2, -0.15) is 0 Å². The predicted molar refractivity (Wildman–Crippen MR) is 78.0 cm³/mol. The lowest BCUT2D eigenvalue weighted by Gasteiger charge is -2.12. The maximum atomic E-state index is 11.5. The van der Waals surface area contributed by atoms with Gasteiger partial charge in [0, 0.05) is 36.0 Å². The van der Waals surface area contributed by atoms with Gasteiger partial charge in [-0.25, -0.2) is 9.97 Å². The zero-order valence-electron chi connectivity index (χ0n) is 11.3. The van der Waals surface area contributed by atoms with Gasteiger partial charge in [0.05, 0.1) is 5.01 Å². The lowest BCUT2D eigenvalue weighted by molar-refractivity contribution is 0.756. The van der Waals surface area contributed by atoms with Gasteiger partial charge in [-0.1, -0.05) is 20.8 Å². The molecular formula is C13H18N4OS. The van der Waals surface area contributed by atoms with Crippen molar-refractivity contribution < 1.29 is 0 Å². The van der Waals surface area contributed by atoms with Crippen molar-refractivity contribution in [2.45, 2.75) is 32.6 Å². The molecular weight excluding hydrogens is 260 g/mol. The molecule has 19 heavy (non-hydrogen) atoms. The van der Waals surface area contributed by atoms with Crippen LogP contribution in [0.4, 0.5) is 5.82 Å². The van der Waals surface area contributed by atoms with Crippen LogP contribution in [0.25, 0.3) is 0 Å². The lowest BCUT2D eigenvalue weighted by Crippen LogP contribution is -2.17. The third-order valence-corrected chi connectivity index (χ3v) is 3.78. The van der Waals surface area contributed by atoms with Crippen LogP contribution in [0, 0.1) is 0 Å². The van der Waals surface area contributed by atoms with E-state index in [0.29, 0.717) is 24.1 Å². The monoisotopic (exact) mass is 278 g/mol. The zero-order chi connectivity index (χ0) is 13.8. The van der Waals surface area contributed by atoms with Gasteiger partial charge in [-0.3, -0.25) is 4.79 Å². The van der Waals surface area contributed by atoms with Gasteiger partial charge in [-0.05, 0) is 0 Å². The third-order valence-electron chi connectivity index (χ3n) is 2.77. The van der Waals surface area contributed by atoms with Gasteiger partial charge in [0.2, 0.25) is 0 Å². The summed E-state index contributed by atoms with van der Waals surface area (Å²) in [5.41, 5.74) is -0.122. The van der Waals surface area contributed by atoms with E-state index in [9.17, 15) is 4.79 Å². The zero-order valence-corrected chi connectivity index (χ0v) is 12.1. The number of hydrogen-bond donors (Lipinski definition) is 2. The maximum Gasteiger partial charge on any atom is 0.252 e. The van der Waals surface area contributed by atoms with Crippen LogP contribution >= 0.6 is 11.3 Å². The van der Waals surface area contributed by atoms with Crippen molar-refractivity contribution in [3.63, 3.8) is 0 Å². The average molecular weight is 278 g/mol. The Kier molecular flexibility index (Phi) is 4.31. The fourth-order valence-electron chi connectivity index (χ4n) is 1.66. The second kappa shape index (κ2) is 5.97. The van der Waals surface area contributed by atoms with Gasteiger partial charge >= 0.3 is 0 Å². The van der Waals surface area contributed by atoms with E-state index >= 15 is 0 Å². The van der Waals surface area contributed by atoms with E-state index in [4.69, 9.17) is 0 Å². The van der Waals surface area contributed by atoms with Crippen LogP contribution in [-0.4, -0.2) is 21.5 Å². The van der Waals surface area contributed by atoms with Crippen molar-refractivity contribution >= 4 is 17.2 Å². The van der Waals surface area contributed by atoms with E-state index < -0.39 is 0 Å². The highest BCUT2D eigenvalue weighted by Crippen LogP contribution is 2.18. The Morgan fingerprint density at radius 3 is 2.84 bits per heavy atom. The maximum absolute atomic E-state index is 11.5. The molecule has 6 heteroatoms. The van der Waals surface area contributed by atoms with Crippen LogP contribution < -0.4 is 10.9 Å². The molecule has 2 aromatic rings. The topological polar surface area (TPSA) is 70.7 Å². The minimum Gasteiger partial charge on any atom is -0.369 e.